The van der Waals surface area contributed by atoms with Crippen LogP contribution < -0.4 is 4.74 Å². The first kappa shape index (κ1) is 18.1. The van der Waals surface area contributed by atoms with E-state index >= 15 is 0 Å². The number of aromatic amines is 1. The second-order valence-corrected chi connectivity index (χ2v) is 6.42. The summed E-state index contributed by atoms with van der Waals surface area (Å²) < 4.78 is 11.2. The first-order valence-corrected chi connectivity index (χ1v) is 8.63. The molecular formula is C19H24N4O3. The molecule has 0 saturated carbocycles. The van der Waals surface area contributed by atoms with Crippen molar-refractivity contribution < 1.29 is 14.3 Å². The lowest BCUT2D eigenvalue weighted by atomic mass is 10.0. The van der Waals surface area contributed by atoms with Gasteiger partial charge in [0.05, 0.1) is 13.2 Å². The Morgan fingerprint density at radius 3 is 3.00 bits per heavy atom. The molecule has 1 aliphatic heterocycles. The summed E-state index contributed by atoms with van der Waals surface area (Å²) in [5.41, 5.74) is 1.77. The van der Waals surface area contributed by atoms with E-state index in [1.165, 1.54) is 6.33 Å². The molecule has 1 aromatic heterocycles. The number of likely N-dealkylation sites (N-methyl/N-ethyl adjacent to an activating group) is 1. The summed E-state index contributed by atoms with van der Waals surface area (Å²) in [6.07, 6.45) is 3.92. The monoisotopic (exact) mass is 356 g/mol. The fourth-order valence-corrected chi connectivity index (χ4v) is 3.24. The van der Waals surface area contributed by atoms with Crippen molar-refractivity contribution in [2.45, 2.75) is 25.4 Å². The van der Waals surface area contributed by atoms with Gasteiger partial charge in [0.15, 0.2) is 0 Å². The van der Waals surface area contributed by atoms with E-state index in [1.54, 1.807) is 25.1 Å². The van der Waals surface area contributed by atoms with Crippen molar-refractivity contribution in [3.8, 4) is 5.75 Å². The Labute approximate surface area is 153 Å². The van der Waals surface area contributed by atoms with Crippen LogP contribution in [0, 0.1) is 0 Å². The minimum absolute atomic E-state index is 0.0692. The number of rotatable bonds is 6. The van der Waals surface area contributed by atoms with Crippen LogP contribution in [0.5, 0.6) is 5.75 Å². The average Bonchev–Trinajstić information content (AvgIpc) is 3.32. The minimum Gasteiger partial charge on any atom is -0.496 e. The summed E-state index contributed by atoms with van der Waals surface area (Å²) in [6, 6.07) is 7.66. The summed E-state index contributed by atoms with van der Waals surface area (Å²) in [6.45, 7) is 3.07. The van der Waals surface area contributed by atoms with Crippen LogP contribution in [0.15, 0.2) is 36.7 Å². The summed E-state index contributed by atoms with van der Waals surface area (Å²) in [5, 5.41) is 6.82. The number of carbonyl (C=O) groups excluding carboxylic acids is 1. The number of allylic oxidation sites excluding steroid dienone is 1. The number of amides is 1. The number of carbonyl (C=O) groups is 1. The van der Waals surface area contributed by atoms with Crippen molar-refractivity contribution in [2.75, 3.05) is 27.3 Å². The Bertz CT molecular complexity index is 773. The van der Waals surface area contributed by atoms with Gasteiger partial charge in [0.1, 0.15) is 17.9 Å². The fourth-order valence-electron chi connectivity index (χ4n) is 3.24. The van der Waals surface area contributed by atoms with Crippen LogP contribution in [0.2, 0.25) is 0 Å². The van der Waals surface area contributed by atoms with Crippen LogP contribution in [-0.2, 0) is 9.53 Å². The van der Waals surface area contributed by atoms with Crippen molar-refractivity contribution in [3.05, 3.63) is 48.1 Å². The number of nitrogens with zero attached hydrogens (tertiary/aromatic N) is 3. The molecule has 1 aliphatic rings. The highest BCUT2D eigenvalue weighted by atomic mass is 16.5. The van der Waals surface area contributed by atoms with Crippen molar-refractivity contribution in [1.82, 2.24) is 20.1 Å². The normalized spacial score (nSPS) is 20.2. The Morgan fingerprint density at radius 1 is 1.46 bits per heavy atom. The van der Waals surface area contributed by atoms with E-state index in [9.17, 15) is 4.79 Å². The molecule has 26 heavy (non-hydrogen) atoms. The highest BCUT2D eigenvalue weighted by molar-refractivity contribution is 5.95. The van der Waals surface area contributed by atoms with E-state index in [2.05, 4.69) is 15.2 Å². The van der Waals surface area contributed by atoms with Crippen LogP contribution in [0.1, 0.15) is 30.7 Å². The quantitative estimate of drug-likeness (QED) is 0.803. The van der Waals surface area contributed by atoms with Gasteiger partial charge in [-0.1, -0.05) is 18.2 Å². The highest BCUT2D eigenvalue weighted by Crippen LogP contribution is 2.29. The first-order chi connectivity index (χ1) is 12.6. The molecule has 7 nitrogen and oxygen atoms in total. The molecule has 1 saturated heterocycles. The summed E-state index contributed by atoms with van der Waals surface area (Å²) >= 11 is 0. The van der Waals surface area contributed by atoms with Gasteiger partial charge in [0, 0.05) is 37.8 Å². The highest BCUT2D eigenvalue weighted by Gasteiger charge is 2.33. The van der Waals surface area contributed by atoms with Gasteiger partial charge in [-0.25, -0.2) is 4.98 Å². The summed E-state index contributed by atoms with van der Waals surface area (Å²) in [5.74, 6) is 1.63. The van der Waals surface area contributed by atoms with E-state index in [-0.39, 0.29) is 17.9 Å². The molecule has 0 radical (unpaired) electrons. The Kier molecular flexibility index (Phi) is 5.68. The molecule has 138 valence electrons. The number of ether oxygens (including phenoxy) is 2. The zero-order valence-corrected chi connectivity index (χ0v) is 15.3. The average molecular weight is 356 g/mol. The van der Waals surface area contributed by atoms with Crippen molar-refractivity contribution >= 4 is 11.5 Å². The number of H-pyrrole nitrogens is 1. The molecule has 0 spiro atoms. The molecule has 2 atom stereocenters. The van der Waals surface area contributed by atoms with Crippen LogP contribution in [0.4, 0.5) is 0 Å². The van der Waals surface area contributed by atoms with Crippen LogP contribution in [0.25, 0.3) is 5.57 Å². The molecule has 1 amide bonds. The first-order valence-electron chi connectivity index (χ1n) is 8.63. The van der Waals surface area contributed by atoms with Gasteiger partial charge < -0.3 is 14.4 Å². The van der Waals surface area contributed by atoms with E-state index in [0.29, 0.717) is 13.2 Å². The van der Waals surface area contributed by atoms with E-state index in [0.717, 1.165) is 29.1 Å². The lowest BCUT2D eigenvalue weighted by molar-refractivity contribution is -0.126. The maximum absolute atomic E-state index is 12.6. The Morgan fingerprint density at radius 2 is 2.27 bits per heavy atom. The Balaban J connectivity index is 1.67. The number of aromatic nitrogens is 3. The molecule has 0 unspecified atom stereocenters. The third-order valence-electron chi connectivity index (χ3n) is 4.70. The third-order valence-corrected chi connectivity index (χ3v) is 4.70. The van der Waals surface area contributed by atoms with Crippen molar-refractivity contribution in [3.63, 3.8) is 0 Å². The molecule has 1 aromatic carbocycles. The minimum atomic E-state index is -0.0862. The molecule has 1 N–H and O–H groups in total. The number of para-hydroxylation sites is 1. The second kappa shape index (κ2) is 8.14. The molecule has 0 aliphatic carbocycles. The molecule has 7 heteroatoms. The SMILES string of the molecule is COc1ccccc1/C(C)=C/C(=O)N(C)C[C@H]1OCC[C@H]1c1ncn[nH]1. The smallest absolute Gasteiger partial charge is 0.246 e. The molecule has 2 aromatic rings. The van der Waals surface area contributed by atoms with Crippen molar-refractivity contribution in [2.24, 2.45) is 0 Å². The predicted molar refractivity (Wildman–Crippen MR) is 97.8 cm³/mol. The summed E-state index contributed by atoms with van der Waals surface area (Å²) in [4.78, 5) is 18.5. The fraction of sp³-hybridized carbons (Fsp3) is 0.421. The number of methoxy groups -OCH3 is 1. The van der Waals surface area contributed by atoms with Gasteiger partial charge in [-0.15, -0.1) is 0 Å². The van der Waals surface area contributed by atoms with Crippen molar-refractivity contribution in [1.29, 1.82) is 0 Å². The van der Waals surface area contributed by atoms with Crippen LogP contribution in [-0.4, -0.2) is 59.4 Å². The zero-order valence-electron chi connectivity index (χ0n) is 15.3. The van der Waals surface area contributed by atoms with Gasteiger partial charge in [0.25, 0.3) is 0 Å². The number of hydrogen-bond acceptors (Lipinski definition) is 5. The van der Waals surface area contributed by atoms with Crippen LogP contribution in [0.3, 0.4) is 0 Å². The maximum atomic E-state index is 12.6. The molecule has 2 heterocycles. The van der Waals surface area contributed by atoms with Gasteiger partial charge in [0.2, 0.25) is 5.91 Å². The largest absolute Gasteiger partial charge is 0.496 e. The second-order valence-electron chi connectivity index (χ2n) is 6.42. The zero-order chi connectivity index (χ0) is 18.5. The number of nitrogens with one attached hydrogen (secondary N) is 1. The molecule has 0 bridgehead atoms. The van der Waals surface area contributed by atoms with Gasteiger partial charge in [-0.2, -0.15) is 5.10 Å². The topological polar surface area (TPSA) is 80.3 Å². The Hall–Kier alpha value is -2.67. The van der Waals surface area contributed by atoms with Gasteiger partial charge >= 0.3 is 0 Å². The van der Waals surface area contributed by atoms with Crippen LogP contribution >= 0.6 is 0 Å². The van der Waals surface area contributed by atoms with E-state index in [1.807, 2.05) is 31.2 Å². The summed E-state index contributed by atoms with van der Waals surface area (Å²) in [7, 11) is 3.41. The lowest BCUT2D eigenvalue weighted by Crippen LogP contribution is -2.35. The van der Waals surface area contributed by atoms with Gasteiger partial charge in [-0.05, 0) is 25.0 Å². The van der Waals surface area contributed by atoms with E-state index in [4.69, 9.17) is 9.47 Å². The van der Waals surface area contributed by atoms with E-state index < -0.39 is 0 Å². The maximum Gasteiger partial charge on any atom is 0.246 e. The number of benzene rings is 1. The lowest BCUT2D eigenvalue weighted by Gasteiger charge is -2.23. The number of hydrogen-bond donors (Lipinski definition) is 1. The van der Waals surface area contributed by atoms with Gasteiger partial charge in [-0.3, -0.25) is 9.89 Å². The molecular weight excluding hydrogens is 332 g/mol. The standard InChI is InChI=1S/C19H24N4O3/c1-13(14-6-4-5-7-16(14)25-3)10-18(24)23(2)11-17-15(8-9-26-17)19-20-12-21-22-19/h4-7,10,12,15,17H,8-9,11H2,1-3H3,(H,20,21,22)/b13-10+/t15-,17-/m1/s1. The predicted octanol–water partition coefficient (Wildman–Crippen LogP) is 2.25. The molecule has 1 fully saturated rings. The third kappa shape index (κ3) is 3.94. The molecule has 3 rings (SSSR count).